The average Bonchev–Trinajstić information content (AvgIpc) is 2.33. The van der Waals surface area contributed by atoms with Gasteiger partial charge in [0.2, 0.25) is 0 Å². The van der Waals surface area contributed by atoms with Crippen molar-refractivity contribution in [3.05, 3.63) is 29.3 Å². The molecule has 1 aromatic carbocycles. The molecule has 0 aliphatic heterocycles. The van der Waals surface area contributed by atoms with Gasteiger partial charge in [-0.2, -0.15) is 13.2 Å². The van der Waals surface area contributed by atoms with Crippen LogP contribution in [-0.4, -0.2) is 19.9 Å². The van der Waals surface area contributed by atoms with Crippen LogP contribution in [0, 0.1) is 0 Å². The Bertz CT molecular complexity index is 405. The molecule has 1 atom stereocenters. The Balaban J connectivity index is 2.62. The lowest BCUT2D eigenvalue weighted by molar-refractivity contribution is -0.146. The van der Waals surface area contributed by atoms with Crippen LogP contribution in [0.2, 0.25) is 0 Å². The van der Waals surface area contributed by atoms with E-state index >= 15 is 0 Å². The van der Waals surface area contributed by atoms with Gasteiger partial charge in [-0.1, -0.05) is 6.07 Å². The molecular formula is C13H18F3NO2. The molecule has 0 saturated heterocycles. The van der Waals surface area contributed by atoms with Crippen molar-refractivity contribution in [3.63, 3.8) is 0 Å². The van der Waals surface area contributed by atoms with Gasteiger partial charge in [0.15, 0.2) is 0 Å². The number of hydrogen-bond acceptors (Lipinski definition) is 3. The van der Waals surface area contributed by atoms with Gasteiger partial charge in [-0.3, -0.25) is 0 Å². The largest absolute Gasteiger partial charge is 0.496 e. The van der Waals surface area contributed by atoms with E-state index in [1.807, 2.05) is 13.0 Å². The SMILES string of the molecule is COc1ccc(C(C)N)cc1COCCC(F)(F)F. The van der Waals surface area contributed by atoms with Crippen molar-refractivity contribution >= 4 is 0 Å². The third kappa shape index (κ3) is 5.48. The molecule has 108 valence electrons. The standard InChI is InChI=1S/C13H18F3NO2/c1-9(17)10-3-4-12(18-2)11(7-10)8-19-6-5-13(14,15)16/h3-4,7,9H,5-6,8,17H2,1-2H3. The fourth-order valence-electron chi connectivity index (χ4n) is 1.56. The maximum atomic E-state index is 12.0. The molecule has 1 unspecified atom stereocenters. The summed E-state index contributed by atoms with van der Waals surface area (Å²) in [5.74, 6) is 0.580. The lowest BCUT2D eigenvalue weighted by Gasteiger charge is -2.13. The Morgan fingerprint density at radius 2 is 2.00 bits per heavy atom. The predicted octanol–water partition coefficient (Wildman–Crippen LogP) is 3.18. The fourth-order valence-corrected chi connectivity index (χ4v) is 1.56. The number of nitrogens with two attached hydrogens (primary N) is 1. The van der Waals surface area contributed by atoms with Gasteiger partial charge in [0.25, 0.3) is 0 Å². The Kier molecular flexibility index (Phi) is 5.62. The summed E-state index contributed by atoms with van der Waals surface area (Å²) in [7, 11) is 1.50. The Morgan fingerprint density at radius 3 is 2.53 bits per heavy atom. The van der Waals surface area contributed by atoms with Crippen molar-refractivity contribution in [2.24, 2.45) is 5.73 Å². The van der Waals surface area contributed by atoms with Gasteiger partial charge in [-0.15, -0.1) is 0 Å². The highest BCUT2D eigenvalue weighted by Crippen LogP contribution is 2.24. The zero-order chi connectivity index (χ0) is 14.5. The zero-order valence-electron chi connectivity index (χ0n) is 11.0. The summed E-state index contributed by atoms with van der Waals surface area (Å²) in [6, 6.07) is 5.20. The molecule has 0 fully saturated rings. The quantitative estimate of drug-likeness (QED) is 0.812. The van der Waals surface area contributed by atoms with Crippen LogP contribution >= 0.6 is 0 Å². The smallest absolute Gasteiger partial charge is 0.391 e. The molecule has 0 radical (unpaired) electrons. The van der Waals surface area contributed by atoms with Crippen molar-refractivity contribution in [1.82, 2.24) is 0 Å². The van der Waals surface area contributed by atoms with E-state index in [9.17, 15) is 13.2 Å². The highest BCUT2D eigenvalue weighted by atomic mass is 19.4. The molecule has 0 bridgehead atoms. The third-order valence-electron chi connectivity index (χ3n) is 2.62. The molecule has 0 amide bonds. The minimum atomic E-state index is -4.20. The molecule has 0 aliphatic rings. The summed E-state index contributed by atoms with van der Waals surface area (Å²) in [5.41, 5.74) is 7.33. The van der Waals surface area contributed by atoms with Crippen molar-refractivity contribution in [2.75, 3.05) is 13.7 Å². The van der Waals surface area contributed by atoms with E-state index in [-0.39, 0.29) is 19.3 Å². The Hall–Kier alpha value is -1.27. The average molecular weight is 277 g/mol. The summed E-state index contributed by atoms with van der Waals surface area (Å²) in [5, 5.41) is 0. The predicted molar refractivity (Wildman–Crippen MR) is 65.9 cm³/mol. The molecule has 3 nitrogen and oxygen atoms in total. The summed E-state index contributed by atoms with van der Waals surface area (Å²) in [4.78, 5) is 0. The van der Waals surface area contributed by atoms with E-state index in [1.165, 1.54) is 7.11 Å². The minimum absolute atomic E-state index is 0.0693. The monoisotopic (exact) mass is 277 g/mol. The van der Waals surface area contributed by atoms with Crippen LogP contribution in [0.1, 0.15) is 30.5 Å². The summed E-state index contributed by atoms with van der Waals surface area (Å²) in [6.07, 6.45) is -5.15. The number of alkyl halides is 3. The van der Waals surface area contributed by atoms with Crippen LogP contribution in [0.5, 0.6) is 5.75 Å². The second-order valence-corrected chi connectivity index (χ2v) is 4.28. The van der Waals surface area contributed by atoms with Gasteiger partial charge in [-0.25, -0.2) is 0 Å². The number of rotatable bonds is 6. The summed E-state index contributed by atoms with van der Waals surface area (Å²) in [6.45, 7) is 1.53. The van der Waals surface area contributed by atoms with E-state index < -0.39 is 12.6 Å². The Morgan fingerprint density at radius 1 is 1.32 bits per heavy atom. The fraction of sp³-hybridized carbons (Fsp3) is 0.538. The number of halogens is 3. The highest BCUT2D eigenvalue weighted by Gasteiger charge is 2.26. The number of ether oxygens (including phenoxy) is 2. The van der Waals surface area contributed by atoms with Gasteiger partial charge >= 0.3 is 6.18 Å². The molecule has 0 aromatic heterocycles. The van der Waals surface area contributed by atoms with Gasteiger partial charge in [0, 0.05) is 11.6 Å². The van der Waals surface area contributed by atoms with Gasteiger partial charge < -0.3 is 15.2 Å². The van der Waals surface area contributed by atoms with Crippen molar-refractivity contribution < 1.29 is 22.6 Å². The van der Waals surface area contributed by atoms with Crippen LogP contribution in [-0.2, 0) is 11.3 Å². The van der Waals surface area contributed by atoms with Crippen molar-refractivity contribution in [2.45, 2.75) is 32.2 Å². The van der Waals surface area contributed by atoms with E-state index in [4.69, 9.17) is 15.2 Å². The number of methoxy groups -OCH3 is 1. The molecule has 1 rings (SSSR count). The molecule has 0 aliphatic carbocycles. The molecule has 6 heteroatoms. The Labute approximate surface area is 110 Å². The second kappa shape index (κ2) is 6.77. The van der Waals surface area contributed by atoms with Crippen LogP contribution in [0.3, 0.4) is 0 Å². The first kappa shape index (κ1) is 15.8. The first-order chi connectivity index (χ1) is 8.83. The first-order valence-corrected chi connectivity index (χ1v) is 5.90. The molecule has 1 aromatic rings. The van der Waals surface area contributed by atoms with Gasteiger partial charge in [-0.05, 0) is 24.6 Å². The minimum Gasteiger partial charge on any atom is -0.496 e. The van der Waals surface area contributed by atoms with Crippen molar-refractivity contribution in [1.29, 1.82) is 0 Å². The number of benzene rings is 1. The maximum Gasteiger partial charge on any atom is 0.391 e. The molecule has 19 heavy (non-hydrogen) atoms. The molecule has 2 N–H and O–H groups in total. The van der Waals surface area contributed by atoms with Gasteiger partial charge in [0.1, 0.15) is 5.75 Å². The van der Waals surface area contributed by atoms with Gasteiger partial charge in [0.05, 0.1) is 26.7 Å². The topological polar surface area (TPSA) is 44.5 Å². The van der Waals surface area contributed by atoms with Crippen LogP contribution < -0.4 is 10.5 Å². The van der Waals surface area contributed by atoms with Crippen LogP contribution in [0.15, 0.2) is 18.2 Å². The first-order valence-electron chi connectivity index (χ1n) is 5.90. The molecule has 0 saturated carbocycles. The summed E-state index contributed by atoms with van der Waals surface area (Å²) < 4.78 is 46.1. The lowest BCUT2D eigenvalue weighted by Crippen LogP contribution is -2.12. The number of hydrogen-bond donors (Lipinski definition) is 1. The van der Waals surface area contributed by atoms with E-state index in [0.717, 1.165) is 5.56 Å². The van der Waals surface area contributed by atoms with Crippen LogP contribution in [0.25, 0.3) is 0 Å². The van der Waals surface area contributed by atoms with E-state index in [0.29, 0.717) is 11.3 Å². The summed E-state index contributed by atoms with van der Waals surface area (Å²) >= 11 is 0. The molecule has 0 heterocycles. The van der Waals surface area contributed by atoms with E-state index in [2.05, 4.69) is 0 Å². The third-order valence-corrected chi connectivity index (χ3v) is 2.62. The second-order valence-electron chi connectivity index (χ2n) is 4.28. The molecule has 0 spiro atoms. The lowest BCUT2D eigenvalue weighted by atomic mass is 10.1. The highest BCUT2D eigenvalue weighted by molar-refractivity contribution is 5.37. The van der Waals surface area contributed by atoms with E-state index in [1.54, 1.807) is 12.1 Å². The molecular weight excluding hydrogens is 259 g/mol. The normalized spacial score (nSPS) is 13.4. The zero-order valence-corrected chi connectivity index (χ0v) is 11.0. The maximum absolute atomic E-state index is 12.0. The van der Waals surface area contributed by atoms with Crippen LogP contribution in [0.4, 0.5) is 13.2 Å². The van der Waals surface area contributed by atoms with Crippen molar-refractivity contribution in [3.8, 4) is 5.75 Å².